The Balaban J connectivity index is 1.58. The lowest BCUT2D eigenvalue weighted by atomic mass is 9.99. The maximum atomic E-state index is 12.0. The van der Waals surface area contributed by atoms with Gasteiger partial charge >= 0.3 is 0 Å². The average molecular weight is 454 g/mol. The van der Waals surface area contributed by atoms with E-state index in [4.69, 9.17) is 9.72 Å². The number of anilines is 2. The fourth-order valence-electron chi connectivity index (χ4n) is 4.13. The first kappa shape index (κ1) is 22.3. The molecule has 7 nitrogen and oxygen atoms in total. The predicted octanol–water partition coefficient (Wildman–Crippen LogP) is 5.00. The molecule has 0 bridgehead atoms. The lowest BCUT2D eigenvalue weighted by molar-refractivity contribution is -0.127. The number of fused-ring (bicyclic) bond motifs is 1. The Morgan fingerprint density at radius 2 is 2.31 bits per heavy atom. The molecule has 1 amide bonds. The molecule has 3 aromatic heterocycles. The molecule has 8 heteroatoms. The van der Waals surface area contributed by atoms with Crippen molar-refractivity contribution in [1.29, 1.82) is 0 Å². The van der Waals surface area contributed by atoms with Crippen molar-refractivity contribution >= 4 is 39.1 Å². The number of nitrogens with zero attached hydrogens (tertiary/aromatic N) is 4. The van der Waals surface area contributed by atoms with Crippen LogP contribution in [0.5, 0.6) is 5.88 Å². The molecule has 1 N–H and O–H groups in total. The number of thiazole rings is 1. The number of rotatable bonds is 8. The highest BCUT2D eigenvalue weighted by molar-refractivity contribution is 7.15. The minimum Gasteiger partial charge on any atom is -0.477 e. The maximum absolute atomic E-state index is 12.0. The highest BCUT2D eigenvalue weighted by atomic mass is 32.1. The van der Waals surface area contributed by atoms with Gasteiger partial charge in [0.1, 0.15) is 5.82 Å². The Labute approximate surface area is 193 Å². The zero-order chi connectivity index (χ0) is 22.7. The third kappa shape index (κ3) is 5.12. The van der Waals surface area contributed by atoms with E-state index in [9.17, 15) is 4.79 Å². The number of aromatic nitrogens is 3. The summed E-state index contributed by atoms with van der Waals surface area (Å²) in [6, 6.07) is 4.14. The summed E-state index contributed by atoms with van der Waals surface area (Å²) in [6.07, 6.45) is 7.35. The molecule has 1 aliphatic rings. The van der Waals surface area contributed by atoms with Crippen molar-refractivity contribution < 1.29 is 9.53 Å². The number of nitrogens with one attached hydrogen (secondary N) is 1. The molecule has 4 heterocycles. The quantitative estimate of drug-likeness (QED) is 0.486. The van der Waals surface area contributed by atoms with Gasteiger partial charge in [-0.2, -0.15) is 4.98 Å². The van der Waals surface area contributed by atoms with Gasteiger partial charge in [-0.05, 0) is 37.8 Å². The summed E-state index contributed by atoms with van der Waals surface area (Å²) in [7, 11) is 0. The number of aryl methyl sites for hydroxylation is 1. The lowest BCUT2D eigenvalue weighted by Crippen LogP contribution is -2.40. The first-order chi connectivity index (χ1) is 15.4. The molecule has 1 aliphatic heterocycles. The van der Waals surface area contributed by atoms with Gasteiger partial charge in [-0.1, -0.05) is 20.4 Å². The molecule has 0 aromatic carbocycles. The van der Waals surface area contributed by atoms with E-state index in [0.717, 1.165) is 52.7 Å². The smallest absolute Gasteiger partial charge is 0.245 e. The second-order valence-electron chi connectivity index (χ2n) is 8.82. The zero-order valence-corrected chi connectivity index (χ0v) is 19.8. The van der Waals surface area contributed by atoms with Crippen LogP contribution in [0.4, 0.5) is 10.9 Å². The monoisotopic (exact) mass is 453 g/mol. The fraction of sp³-hybridized carbons (Fsp3) is 0.458. The number of ether oxygens (including phenoxy) is 1. The van der Waals surface area contributed by atoms with Gasteiger partial charge in [0.25, 0.3) is 0 Å². The summed E-state index contributed by atoms with van der Waals surface area (Å²) in [4.78, 5) is 24.2. The Bertz CT molecular complexity index is 1100. The van der Waals surface area contributed by atoms with Crippen LogP contribution >= 0.6 is 11.3 Å². The molecule has 4 rings (SSSR count). The number of likely N-dealkylation sites (tertiary alicyclic amines) is 1. The van der Waals surface area contributed by atoms with Crippen LogP contribution in [0, 0.1) is 18.8 Å². The van der Waals surface area contributed by atoms with E-state index in [1.807, 2.05) is 18.0 Å². The van der Waals surface area contributed by atoms with Gasteiger partial charge < -0.3 is 19.5 Å². The van der Waals surface area contributed by atoms with Crippen LogP contribution in [0.3, 0.4) is 0 Å². The van der Waals surface area contributed by atoms with E-state index < -0.39 is 0 Å². The van der Waals surface area contributed by atoms with Gasteiger partial charge in [-0.3, -0.25) is 4.79 Å². The molecular weight excluding hydrogens is 422 g/mol. The molecule has 0 unspecified atom stereocenters. The van der Waals surface area contributed by atoms with E-state index in [1.165, 1.54) is 6.08 Å². The Hall–Kier alpha value is -2.87. The van der Waals surface area contributed by atoms with Gasteiger partial charge in [0.2, 0.25) is 11.8 Å². The van der Waals surface area contributed by atoms with E-state index in [-0.39, 0.29) is 11.8 Å². The average Bonchev–Trinajstić information content (AvgIpc) is 3.37. The van der Waals surface area contributed by atoms with Crippen molar-refractivity contribution in [3.63, 3.8) is 0 Å². The molecule has 0 saturated carbocycles. The van der Waals surface area contributed by atoms with Crippen molar-refractivity contribution in [2.24, 2.45) is 11.8 Å². The summed E-state index contributed by atoms with van der Waals surface area (Å²) in [5.74, 6) is 2.13. The maximum Gasteiger partial charge on any atom is 0.245 e. The summed E-state index contributed by atoms with van der Waals surface area (Å²) >= 11 is 1.60. The fourth-order valence-corrected chi connectivity index (χ4v) is 4.81. The summed E-state index contributed by atoms with van der Waals surface area (Å²) < 4.78 is 8.53. The molecule has 0 aliphatic carbocycles. The van der Waals surface area contributed by atoms with E-state index in [1.54, 1.807) is 11.3 Å². The normalized spacial score (nSPS) is 16.5. The minimum absolute atomic E-state index is 0.00841. The second-order valence-corrected chi connectivity index (χ2v) is 10.1. The Morgan fingerprint density at radius 1 is 1.47 bits per heavy atom. The standard InChI is InChI=1S/C24H31N5O2S/c1-5-22(30)29-9-6-7-18(14-29)15-31-23-19-8-10-28(13-16(2)3)20(19)11-21(26-23)27-24-25-12-17(4)32-24/h5,8,10-12,16,18H,1,6-7,9,13-15H2,2-4H3,(H,25,26,27)/t18-/m1/s1. The molecule has 1 fully saturated rings. The van der Waals surface area contributed by atoms with Crippen LogP contribution in [0.25, 0.3) is 10.9 Å². The van der Waals surface area contributed by atoms with E-state index in [2.05, 4.69) is 53.6 Å². The van der Waals surface area contributed by atoms with Gasteiger partial charge in [0.05, 0.1) is 17.5 Å². The molecule has 1 saturated heterocycles. The van der Waals surface area contributed by atoms with Crippen LogP contribution in [0.1, 0.15) is 31.6 Å². The molecule has 3 aromatic rings. The van der Waals surface area contributed by atoms with Crippen LogP contribution in [0.2, 0.25) is 0 Å². The van der Waals surface area contributed by atoms with Gasteiger partial charge in [-0.25, -0.2) is 4.98 Å². The zero-order valence-electron chi connectivity index (χ0n) is 19.0. The number of amides is 1. The third-order valence-electron chi connectivity index (χ3n) is 5.61. The van der Waals surface area contributed by atoms with Crippen molar-refractivity contribution in [1.82, 2.24) is 19.4 Å². The second kappa shape index (κ2) is 9.73. The van der Waals surface area contributed by atoms with Crippen LogP contribution in [0.15, 0.2) is 37.2 Å². The van der Waals surface area contributed by atoms with Gasteiger partial charge in [-0.15, -0.1) is 11.3 Å². The van der Waals surface area contributed by atoms with E-state index in [0.29, 0.717) is 24.9 Å². The Morgan fingerprint density at radius 3 is 3.03 bits per heavy atom. The van der Waals surface area contributed by atoms with Crippen LogP contribution in [-0.4, -0.2) is 45.0 Å². The Kier molecular flexibility index (Phi) is 6.79. The number of piperidine rings is 1. The van der Waals surface area contributed by atoms with Crippen molar-refractivity contribution in [2.45, 2.75) is 40.2 Å². The topological polar surface area (TPSA) is 72.3 Å². The number of carbonyl (C=O) groups is 1. The van der Waals surface area contributed by atoms with Crippen molar-refractivity contribution in [2.75, 3.05) is 25.0 Å². The number of carbonyl (C=O) groups excluding carboxylic acids is 1. The van der Waals surface area contributed by atoms with E-state index >= 15 is 0 Å². The van der Waals surface area contributed by atoms with Crippen molar-refractivity contribution in [3.05, 3.63) is 42.1 Å². The molecule has 32 heavy (non-hydrogen) atoms. The minimum atomic E-state index is -0.00841. The number of pyridine rings is 1. The SMILES string of the molecule is C=CC(=O)N1CCC[C@@H](COc2nc(Nc3ncc(C)s3)cc3c2ccn3CC(C)C)C1. The van der Waals surface area contributed by atoms with Gasteiger partial charge in [0, 0.05) is 48.9 Å². The molecular formula is C24H31N5O2S. The molecule has 1 atom stereocenters. The third-order valence-corrected chi connectivity index (χ3v) is 6.44. The van der Waals surface area contributed by atoms with Crippen LogP contribution < -0.4 is 10.1 Å². The lowest BCUT2D eigenvalue weighted by Gasteiger charge is -2.31. The highest BCUT2D eigenvalue weighted by Gasteiger charge is 2.23. The molecule has 0 spiro atoms. The first-order valence-electron chi connectivity index (χ1n) is 11.2. The summed E-state index contributed by atoms with van der Waals surface area (Å²) in [6.45, 7) is 13.0. The largest absolute Gasteiger partial charge is 0.477 e. The summed E-state index contributed by atoms with van der Waals surface area (Å²) in [5, 5.41) is 5.15. The number of hydrogen-bond acceptors (Lipinski definition) is 6. The van der Waals surface area contributed by atoms with Crippen molar-refractivity contribution in [3.8, 4) is 5.88 Å². The first-order valence-corrected chi connectivity index (χ1v) is 12.0. The summed E-state index contributed by atoms with van der Waals surface area (Å²) in [5.41, 5.74) is 1.09. The predicted molar refractivity (Wildman–Crippen MR) is 130 cm³/mol. The molecule has 170 valence electrons. The van der Waals surface area contributed by atoms with Crippen LogP contribution in [-0.2, 0) is 11.3 Å². The number of hydrogen-bond donors (Lipinski definition) is 1. The van der Waals surface area contributed by atoms with Gasteiger partial charge in [0.15, 0.2) is 5.13 Å². The highest BCUT2D eigenvalue weighted by Crippen LogP contribution is 2.31. The molecule has 0 radical (unpaired) electrons.